The van der Waals surface area contributed by atoms with Crippen LogP contribution >= 0.6 is 11.3 Å². The highest BCUT2D eigenvalue weighted by Gasteiger charge is 2.52. The summed E-state index contributed by atoms with van der Waals surface area (Å²) in [5.74, 6) is 0.140. The minimum Gasteiger partial charge on any atom is -0.391 e. The third kappa shape index (κ3) is 4.86. The van der Waals surface area contributed by atoms with Crippen molar-refractivity contribution in [2.45, 2.75) is 53.6 Å². The van der Waals surface area contributed by atoms with E-state index < -0.39 is 39.5 Å². The van der Waals surface area contributed by atoms with Crippen LogP contribution in [0.15, 0.2) is 34.1 Å². The van der Waals surface area contributed by atoms with E-state index in [0.717, 1.165) is 23.7 Å². The summed E-state index contributed by atoms with van der Waals surface area (Å²) in [5.41, 5.74) is -3.60. The molecule has 37 heavy (non-hydrogen) atoms. The van der Waals surface area contributed by atoms with Gasteiger partial charge in [-0.15, -0.1) is 11.3 Å². The first-order valence-electron chi connectivity index (χ1n) is 11.8. The Labute approximate surface area is 216 Å². The number of aliphatic hydroxyl groups excluding tert-OH is 1. The fourth-order valence-electron chi connectivity index (χ4n) is 5.17. The Morgan fingerprint density at radius 2 is 1.95 bits per heavy atom. The number of rotatable bonds is 6. The fourth-order valence-corrected chi connectivity index (χ4v) is 7.79. The zero-order chi connectivity index (χ0) is 26.6. The summed E-state index contributed by atoms with van der Waals surface area (Å²) in [4.78, 5) is 12.2. The molecule has 2 aromatic rings. The lowest BCUT2D eigenvalue weighted by Gasteiger charge is -2.45. The number of hydrogen-bond donors (Lipinski definition) is 2. The van der Waals surface area contributed by atoms with Crippen molar-refractivity contribution in [1.82, 2.24) is 19.2 Å². The zero-order valence-electron chi connectivity index (χ0n) is 20.0. The smallest absolute Gasteiger partial charge is 0.391 e. The minimum absolute atomic E-state index is 0.0231. The van der Waals surface area contributed by atoms with Gasteiger partial charge in [0.2, 0.25) is 5.95 Å². The summed E-state index contributed by atoms with van der Waals surface area (Å²) >= 11 is 1.13. The number of aliphatic hydroxyl groups is 2. The van der Waals surface area contributed by atoms with E-state index in [9.17, 15) is 31.8 Å². The van der Waals surface area contributed by atoms with E-state index in [2.05, 4.69) is 14.9 Å². The maximum atomic E-state index is 13.3. The Bertz CT molecular complexity index is 1200. The Morgan fingerprint density at radius 1 is 1.22 bits per heavy atom. The van der Waals surface area contributed by atoms with Crippen molar-refractivity contribution in [2.24, 2.45) is 0 Å². The van der Waals surface area contributed by atoms with E-state index in [4.69, 9.17) is 4.74 Å². The lowest BCUT2D eigenvalue weighted by atomic mass is 9.99. The summed E-state index contributed by atoms with van der Waals surface area (Å²) in [6.45, 7) is 2.31. The number of hydrogen-bond acceptors (Lipinski definition) is 10. The van der Waals surface area contributed by atoms with Gasteiger partial charge in [-0.1, -0.05) is 6.07 Å². The number of piperazine rings is 1. The van der Waals surface area contributed by atoms with Gasteiger partial charge in [0.05, 0.1) is 31.4 Å². The highest BCUT2D eigenvalue weighted by molar-refractivity contribution is 7.91. The van der Waals surface area contributed by atoms with Gasteiger partial charge in [0.25, 0.3) is 10.0 Å². The van der Waals surface area contributed by atoms with Crippen LogP contribution < -0.4 is 4.90 Å². The van der Waals surface area contributed by atoms with Gasteiger partial charge in [0.1, 0.15) is 4.21 Å². The molecular formula is C22H28F3N5O5S2. The Kier molecular flexibility index (Phi) is 7.00. The van der Waals surface area contributed by atoms with Crippen LogP contribution in [0, 0.1) is 0 Å². The first-order valence-corrected chi connectivity index (χ1v) is 14.1. The van der Waals surface area contributed by atoms with Crippen molar-refractivity contribution < 1.29 is 36.5 Å². The maximum Gasteiger partial charge on any atom is 0.421 e. The molecule has 2 aromatic heterocycles. The summed E-state index contributed by atoms with van der Waals surface area (Å²) in [7, 11) is -3.73. The third-order valence-electron chi connectivity index (χ3n) is 7.42. The van der Waals surface area contributed by atoms with Crippen LogP contribution in [-0.2, 0) is 20.4 Å². The molecule has 10 nitrogen and oxygen atoms in total. The van der Waals surface area contributed by atoms with E-state index in [1.807, 2.05) is 0 Å². The predicted octanol–water partition coefficient (Wildman–Crippen LogP) is 1.02. The number of fused-ring (bicyclic) bond motifs is 2. The first-order chi connectivity index (χ1) is 17.4. The molecule has 3 fully saturated rings. The van der Waals surface area contributed by atoms with Crippen LogP contribution in [0.2, 0.25) is 0 Å². The van der Waals surface area contributed by atoms with Gasteiger partial charge in [-0.25, -0.2) is 18.4 Å². The molecule has 204 valence electrons. The van der Waals surface area contributed by atoms with E-state index in [1.165, 1.54) is 4.31 Å². The molecule has 3 aliphatic rings. The second-order valence-electron chi connectivity index (χ2n) is 9.74. The quantitative estimate of drug-likeness (QED) is 0.531. The van der Waals surface area contributed by atoms with Crippen LogP contribution in [0.25, 0.3) is 0 Å². The van der Waals surface area contributed by atoms with Gasteiger partial charge in [-0.05, 0) is 24.8 Å². The van der Waals surface area contributed by atoms with E-state index in [0.29, 0.717) is 33.1 Å². The lowest BCUT2D eigenvalue weighted by Crippen LogP contribution is -2.61. The number of ether oxygens (including phenoxy) is 1. The predicted molar refractivity (Wildman–Crippen MR) is 128 cm³/mol. The number of thiophene rings is 1. The molecule has 0 aromatic carbocycles. The SMILES string of the molecule is C[C@](O)(c1cnc(N2CCN(S(=O)(=O)c3cccs3)C[C@@H]2CN2C3COC[C@@H]2[C@H](O)C3)nc1)C(F)(F)F. The molecule has 0 radical (unpaired) electrons. The van der Waals surface area contributed by atoms with E-state index in [1.54, 1.807) is 22.4 Å². The molecular weight excluding hydrogens is 535 g/mol. The van der Waals surface area contributed by atoms with Gasteiger partial charge in [0.15, 0.2) is 5.60 Å². The van der Waals surface area contributed by atoms with E-state index >= 15 is 0 Å². The summed E-state index contributed by atoms with van der Waals surface area (Å²) in [5, 5.41) is 22.1. The topological polar surface area (TPSA) is 119 Å². The minimum atomic E-state index is -4.90. The van der Waals surface area contributed by atoms with Crippen LogP contribution in [-0.4, -0.2) is 108 Å². The number of anilines is 1. The van der Waals surface area contributed by atoms with Crippen molar-refractivity contribution in [3.05, 3.63) is 35.5 Å². The molecule has 15 heteroatoms. The van der Waals surface area contributed by atoms with Gasteiger partial charge in [-0.3, -0.25) is 4.90 Å². The van der Waals surface area contributed by atoms with Crippen LogP contribution in [0.3, 0.4) is 0 Å². The molecule has 0 spiro atoms. The molecule has 5 atom stereocenters. The Balaban J connectivity index is 1.43. The Morgan fingerprint density at radius 3 is 2.57 bits per heavy atom. The van der Waals surface area contributed by atoms with Crippen LogP contribution in [0.4, 0.5) is 19.1 Å². The van der Waals surface area contributed by atoms with Gasteiger partial charge in [0, 0.05) is 50.2 Å². The zero-order valence-corrected chi connectivity index (χ0v) is 21.6. The van der Waals surface area contributed by atoms with Crippen molar-refractivity contribution in [3.8, 4) is 0 Å². The molecule has 5 heterocycles. The van der Waals surface area contributed by atoms with Crippen LogP contribution in [0.5, 0.6) is 0 Å². The molecule has 2 bridgehead atoms. The molecule has 3 aliphatic heterocycles. The Hall–Kier alpha value is -1.88. The highest BCUT2D eigenvalue weighted by Crippen LogP contribution is 2.38. The molecule has 2 N–H and O–H groups in total. The average Bonchev–Trinajstić information content (AvgIpc) is 3.44. The molecule has 3 saturated heterocycles. The lowest BCUT2D eigenvalue weighted by molar-refractivity contribution is -0.259. The summed E-state index contributed by atoms with van der Waals surface area (Å²) in [6.07, 6.45) is -3.02. The van der Waals surface area contributed by atoms with Crippen molar-refractivity contribution in [2.75, 3.05) is 44.3 Å². The first kappa shape index (κ1) is 26.7. The monoisotopic (exact) mass is 563 g/mol. The number of aromatic nitrogens is 2. The molecule has 1 unspecified atom stereocenters. The van der Waals surface area contributed by atoms with Crippen molar-refractivity contribution >= 4 is 27.3 Å². The number of alkyl halides is 3. The third-order valence-corrected chi connectivity index (χ3v) is 10.7. The van der Waals surface area contributed by atoms with Gasteiger partial charge < -0.3 is 19.8 Å². The second-order valence-corrected chi connectivity index (χ2v) is 12.9. The second kappa shape index (κ2) is 9.70. The van der Waals surface area contributed by atoms with Crippen molar-refractivity contribution in [3.63, 3.8) is 0 Å². The number of morpholine rings is 1. The summed E-state index contributed by atoms with van der Waals surface area (Å²) in [6, 6.07) is 2.53. The maximum absolute atomic E-state index is 13.3. The highest BCUT2D eigenvalue weighted by atomic mass is 32.2. The standard InChI is InChI=1S/C22H28F3N5O5S2/c1-21(32,22(23,24)25)14-8-26-20(27-9-14)29-5-4-28(37(33,34)19-3-2-6-36-19)10-16(29)11-30-15-7-18(31)17(30)13-35-12-15/h2-3,6,8-9,15-18,31-32H,4-5,7,10-13H2,1H3/t15?,16-,17-,18-,21+/m1/s1. The fraction of sp³-hybridized carbons (Fsp3) is 0.636. The molecule has 5 rings (SSSR count). The molecule has 0 amide bonds. The molecule has 0 aliphatic carbocycles. The van der Waals surface area contributed by atoms with E-state index in [-0.39, 0.29) is 41.9 Å². The van der Waals surface area contributed by atoms with Crippen LogP contribution in [0.1, 0.15) is 18.9 Å². The largest absolute Gasteiger partial charge is 0.421 e. The average molecular weight is 564 g/mol. The number of sulfonamides is 1. The molecule has 0 saturated carbocycles. The van der Waals surface area contributed by atoms with Crippen molar-refractivity contribution in [1.29, 1.82) is 0 Å². The van der Waals surface area contributed by atoms with Gasteiger partial charge in [-0.2, -0.15) is 17.5 Å². The van der Waals surface area contributed by atoms with Gasteiger partial charge >= 0.3 is 6.18 Å². The number of halogens is 3. The number of nitrogens with zero attached hydrogens (tertiary/aromatic N) is 5. The summed E-state index contributed by atoms with van der Waals surface area (Å²) < 4.78 is 73.5. The normalized spacial score (nSPS) is 29.4.